The minimum atomic E-state index is -0.509. The first kappa shape index (κ1) is 19.7. The maximum Gasteiger partial charge on any atom is 0.415 e. The predicted molar refractivity (Wildman–Crippen MR) is 102 cm³/mol. The van der Waals surface area contributed by atoms with E-state index >= 15 is 0 Å². The van der Waals surface area contributed by atoms with E-state index in [1.165, 1.54) is 29.7 Å². The predicted octanol–water partition coefficient (Wildman–Crippen LogP) is 4.64. The summed E-state index contributed by atoms with van der Waals surface area (Å²) >= 11 is 0. The van der Waals surface area contributed by atoms with E-state index in [0.29, 0.717) is 17.8 Å². The number of nitrogens with zero attached hydrogens (tertiary/aromatic N) is 3. The molecule has 5 nitrogen and oxygen atoms in total. The summed E-state index contributed by atoms with van der Waals surface area (Å²) in [5.74, 6) is 1.27. The minimum absolute atomic E-state index is 0.383. The van der Waals surface area contributed by atoms with Crippen LogP contribution in [-0.4, -0.2) is 41.7 Å². The summed E-state index contributed by atoms with van der Waals surface area (Å²) in [6, 6.07) is 4.46. The van der Waals surface area contributed by atoms with Crippen molar-refractivity contribution in [2.45, 2.75) is 65.5 Å². The number of likely N-dealkylation sites (tertiary alicyclic amines) is 1. The molecule has 1 fully saturated rings. The van der Waals surface area contributed by atoms with Gasteiger partial charge in [-0.15, -0.1) is 0 Å². The molecule has 0 saturated carbocycles. The summed E-state index contributed by atoms with van der Waals surface area (Å²) in [6.45, 7) is 12.4. The molecule has 1 aromatic heterocycles. The molecule has 1 saturated heterocycles. The lowest BCUT2D eigenvalue weighted by atomic mass is 9.95. The van der Waals surface area contributed by atoms with E-state index in [2.05, 4.69) is 29.8 Å². The Morgan fingerprint density at radius 2 is 2.08 bits per heavy atom. The van der Waals surface area contributed by atoms with Crippen molar-refractivity contribution in [2.24, 2.45) is 5.92 Å². The third-order valence-corrected chi connectivity index (χ3v) is 4.38. The molecule has 25 heavy (non-hydrogen) atoms. The third kappa shape index (κ3) is 5.70. The van der Waals surface area contributed by atoms with E-state index in [0.717, 1.165) is 13.1 Å². The van der Waals surface area contributed by atoms with Crippen LogP contribution in [0.4, 0.5) is 10.6 Å². The second-order valence-corrected chi connectivity index (χ2v) is 8.39. The van der Waals surface area contributed by atoms with Gasteiger partial charge in [0.1, 0.15) is 11.4 Å². The molecule has 0 radical (unpaired) electrons. The summed E-state index contributed by atoms with van der Waals surface area (Å²) in [4.78, 5) is 20.7. The Bertz CT molecular complexity index is 563. The Kier molecular flexibility index (Phi) is 6.44. The van der Waals surface area contributed by atoms with Crippen LogP contribution in [0.25, 0.3) is 0 Å². The van der Waals surface area contributed by atoms with Gasteiger partial charge in [0.25, 0.3) is 0 Å². The Hall–Kier alpha value is -1.62. The van der Waals surface area contributed by atoms with Gasteiger partial charge in [-0.2, -0.15) is 0 Å². The third-order valence-electron chi connectivity index (χ3n) is 4.38. The Balaban J connectivity index is 2.09. The molecule has 140 valence electrons. The average Bonchev–Trinajstić information content (AvgIpc) is 2.53. The minimum Gasteiger partial charge on any atom is -0.443 e. The fourth-order valence-electron chi connectivity index (χ4n) is 3.27. The number of aromatic nitrogens is 1. The van der Waals surface area contributed by atoms with Crippen molar-refractivity contribution >= 4 is 11.9 Å². The van der Waals surface area contributed by atoms with Crippen LogP contribution >= 0.6 is 0 Å². The zero-order chi connectivity index (χ0) is 18.6. The van der Waals surface area contributed by atoms with Crippen molar-refractivity contribution in [1.29, 1.82) is 0 Å². The van der Waals surface area contributed by atoms with Gasteiger partial charge in [0, 0.05) is 25.8 Å². The standard InChI is InChI=1S/C20H33N3O2/c1-15(2)14-23-12-8-7-9-17(23)16-10-11-18(21-13-16)22(6)19(24)25-20(3,4)5/h10-11,13,15,17H,7-9,12,14H2,1-6H3. The lowest BCUT2D eigenvalue weighted by Crippen LogP contribution is -2.36. The van der Waals surface area contributed by atoms with Gasteiger partial charge < -0.3 is 4.74 Å². The smallest absolute Gasteiger partial charge is 0.415 e. The molecule has 1 aliphatic rings. The Labute approximate surface area is 152 Å². The van der Waals surface area contributed by atoms with E-state index in [4.69, 9.17) is 4.74 Å². The topological polar surface area (TPSA) is 45.7 Å². The Morgan fingerprint density at radius 3 is 2.64 bits per heavy atom. The molecule has 0 aliphatic carbocycles. The molecule has 2 heterocycles. The van der Waals surface area contributed by atoms with Crippen LogP contribution in [0.5, 0.6) is 0 Å². The van der Waals surface area contributed by atoms with Crippen LogP contribution in [0, 0.1) is 5.92 Å². The normalized spacial score (nSPS) is 19.1. The molecular formula is C20H33N3O2. The number of carbonyl (C=O) groups excluding carboxylic acids is 1. The zero-order valence-corrected chi connectivity index (χ0v) is 16.6. The number of anilines is 1. The maximum absolute atomic E-state index is 12.2. The molecule has 0 N–H and O–H groups in total. The highest BCUT2D eigenvalue weighted by Gasteiger charge is 2.25. The van der Waals surface area contributed by atoms with Crippen LogP contribution in [0.2, 0.25) is 0 Å². The molecule has 0 aromatic carbocycles. The van der Waals surface area contributed by atoms with Gasteiger partial charge in [0.15, 0.2) is 0 Å². The first-order valence-electron chi connectivity index (χ1n) is 9.34. The molecule has 1 aliphatic heterocycles. The van der Waals surface area contributed by atoms with Crippen LogP contribution < -0.4 is 4.90 Å². The van der Waals surface area contributed by atoms with E-state index in [9.17, 15) is 4.79 Å². The fraction of sp³-hybridized carbons (Fsp3) is 0.700. The number of carbonyl (C=O) groups is 1. The monoisotopic (exact) mass is 347 g/mol. The molecular weight excluding hydrogens is 314 g/mol. The van der Waals surface area contributed by atoms with Gasteiger partial charge in [-0.25, -0.2) is 9.78 Å². The van der Waals surface area contributed by atoms with Gasteiger partial charge >= 0.3 is 6.09 Å². The molecule has 1 amide bonds. The van der Waals surface area contributed by atoms with Gasteiger partial charge in [0.05, 0.1) is 0 Å². The van der Waals surface area contributed by atoms with E-state index in [1.54, 1.807) is 7.05 Å². The lowest BCUT2D eigenvalue weighted by Gasteiger charge is -2.37. The SMILES string of the molecule is CC(C)CN1CCCCC1c1ccc(N(C)C(=O)OC(C)(C)C)nc1. The van der Waals surface area contributed by atoms with Crippen LogP contribution in [0.3, 0.4) is 0 Å². The number of pyridine rings is 1. The number of ether oxygens (including phenoxy) is 1. The highest BCUT2D eigenvalue weighted by Crippen LogP contribution is 2.31. The highest BCUT2D eigenvalue weighted by atomic mass is 16.6. The van der Waals surface area contributed by atoms with Crippen molar-refractivity contribution in [3.05, 3.63) is 23.9 Å². The molecule has 1 aromatic rings. The fourth-order valence-corrected chi connectivity index (χ4v) is 3.27. The van der Waals surface area contributed by atoms with Gasteiger partial charge in [-0.05, 0) is 57.7 Å². The highest BCUT2D eigenvalue weighted by molar-refractivity contribution is 5.85. The first-order valence-corrected chi connectivity index (χ1v) is 9.34. The van der Waals surface area contributed by atoms with E-state index in [-0.39, 0.29) is 6.09 Å². The second-order valence-electron chi connectivity index (χ2n) is 8.39. The first-order chi connectivity index (χ1) is 11.7. The molecule has 1 unspecified atom stereocenters. The second kappa shape index (κ2) is 8.17. The molecule has 0 bridgehead atoms. The van der Waals surface area contributed by atoms with Crippen LogP contribution in [0.1, 0.15) is 65.5 Å². The number of hydrogen-bond acceptors (Lipinski definition) is 4. The number of rotatable bonds is 4. The Morgan fingerprint density at radius 1 is 1.36 bits per heavy atom. The van der Waals surface area contributed by atoms with Gasteiger partial charge in [-0.3, -0.25) is 9.80 Å². The molecule has 5 heteroatoms. The number of amides is 1. The molecule has 1 atom stereocenters. The summed E-state index contributed by atoms with van der Waals surface area (Å²) in [7, 11) is 1.70. The number of hydrogen-bond donors (Lipinski definition) is 0. The maximum atomic E-state index is 12.2. The lowest BCUT2D eigenvalue weighted by molar-refractivity contribution is 0.0588. The quantitative estimate of drug-likeness (QED) is 0.796. The largest absolute Gasteiger partial charge is 0.443 e. The van der Waals surface area contributed by atoms with Crippen LogP contribution in [0.15, 0.2) is 18.3 Å². The van der Waals surface area contributed by atoms with E-state index in [1.807, 2.05) is 33.0 Å². The summed E-state index contributed by atoms with van der Waals surface area (Å²) < 4.78 is 5.40. The summed E-state index contributed by atoms with van der Waals surface area (Å²) in [5, 5.41) is 0. The van der Waals surface area contributed by atoms with Crippen molar-refractivity contribution in [3.8, 4) is 0 Å². The van der Waals surface area contributed by atoms with Crippen LogP contribution in [-0.2, 0) is 4.74 Å². The molecule has 2 rings (SSSR count). The van der Waals surface area contributed by atoms with Gasteiger partial charge in [0.2, 0.25) is 0 Å². The van der Waals surface area contributed by atoms with Crippen molar-refractivity contribution < 1.29 is 9.53 Å². The van der Waals surface area contributed by atoms with Crippen molar-refractivity contribution in [2.75, 3.05) is 25.0 Å². The van der Waals surface area contributed by atoms with Gasteiger partial charge in [-0.1, -0.05) is 26.3 Å². The van der Waals surface area contributed by atoms with E-state index < -0.39 is 5.60 Å². The number of piperidine rings is 1. The summed E-state index contributed by atoms with van der Waals surface area (Å²) in [5.41, 5.74) is 0.728. The molecule has 0 spiro atoms. The average molecular weight is 348 g/mol. The van der Waals surface area contributed by atoms with Crippen molar-refractivity contribution in [1.82, 2.24) is 9.88 Å². The zero-order valence-electron chi connectivity index (χ0n) is 16.6. The van der Waals surface area contributed by atoms with Crippen molar-refractivity contribution in [3.63, 3.8) is 0 Å². The summed E-state index contributed by atoms with van der Waals surface area (Å²) in [6.07, 6.45) is 5.25.